The van der Waals surface area contributed by atoms with E-state index in [1.165, 1.54) is 5.56 Å². The van der Waals surface area contributed by atoms with Crippen LogP contribution in [0, 0.1) is 0 Å². The first kappa shape index (κ1) is 18.7. The maximum Gasteiger partial charge on any atom is 0.115 e. The summed E-state index contributed by atoms with van der Waals surface area (Å²) in [4.78, 5) is 2.39. The van der Waals surface area contributed by atoms with Gasteiger partial charge in [0.05, 0.1) is 18.5 Å². The summed E-state index contributed by atoms with van der Waals surface area (Å²) < 4.78 is 1.75. The Morgan fingerprint density at radius 1 is 1.04 bits per heavy atom. The first-order valence-electron chi connectivity index (χ1n) is 9.80. The zero-order chi connectivity index (χ0) is 19.3. The molecule has 1 aliphatic rings. The highest BCUT2D eigenvalue weighted by molar-refractivity contribution is 5.30. The maximum absolute atomic E-state index is 9.80. The molecule has 2 N–H and O–H groups in total. The fraction of sp³-hybridized carbons (Fsp3) is 0.364. The number of piperidine rings is 1. The number of nitrogens with zero attached hydrogens (tertiary/aromatic N) is 4. The number of phenolic OH excluding ortho intramolecular Hbond substituents is 1. The minimum Gasteiger partial charge on any atom is -0.508 e. The Bertz CT molecular complexity index is 888. The van der Waals surface area contributed by atoms with Crippen LogP contribution in [0.25, 0.3) is 0 Å². The molecule has 0 spiro atoms. The number of aromatic hydroxyl groups is 1. The van der Waals surface area contributed by atoms with E-state index < -0.39 is 0 Å². The average Bonchev–Trinajstić information content (AvgIpc) is 3.18. The first-order valence-corrected chi connectivity index (χ1v) is 9.80. The molecule has 1 atom stereocenters. The number of hydrogen-bond donors (Lipinski definition) is 2. The molecule has 6 heteroatoms. The van der Waals surface area contributed by atoms with Gasteiger partial charge in [-0.3, -0.25) is 4.90 Å². The maximum atomic E-state index is 9.80. The predicted octanol–water partition coefficient (Wildman–Crippen LogP) is 2.95. The third-order valence-corrected chi connectivity index (χ3v) is 5.55. The van der Waals surface area contributed by atoms with E-state index in [9.17, 15) is 10.2 Å². The third-order valence-electron chi connectivity index (χ3n) is 5.55. The van der Waals surface area contributed by atoms with Crippen molar-refractivity contribution in [2.45, 2.75) is 31.3 Å². The topological polar surface area (TPSA) is 74.4 Å². The number of hydrogen-bond acceptors (Lipinski definition) is 5. The zero-order valence-electron chi connectivity index (χ0n) is 15.9. The molecular weight excluding hydrogens is 352 g/mol. The molecule has 4 rings (SSSR count). The van der Waals surface area contributed by atoms with Gasteiger partial charge in [-0.25, -0.2) is 4.68 Å². The molecule has 1 unspecified atom stereocenters. The highest BCUT2D eigenvalue weighted by Crippen LogP contribution is 2.30. The van der Waals surface area contributed by atoms with Gasteiger partial charge in [-0.2, -0.15) is 0 Å². The second-order valence-corrected chi connectivity index (χ2v) is 7.44. The Morgan fingerprint density at radius 3 is 2.54 bits per heavy atom. The highest BCUT2D eigenvalue weighted by Gasteiger charge is 2.22. The van der Waals surface area contributed by atoms with Crippen LogP contribution in [0.3, 0.4) is 0 Å². The Hall–Kier alpha value is -2.70. The van der Waals surface area contributed by atoms with E-state index in [1.807, 2.05) is 48.7 Å². The second kappa shape index (κ2) is 8.54. The van der Waals surface area contributed by atoms with Gasteiger partial charge < -0.3 is 10.2 Å². The number of phenols is 1. The van der Waals surface area contributed by atoms with E-state index in [0.717, 1.165) is 43.7 Å². The zero-order valence-corrected chi connectivity index (χ0v) is 15.9. The summed E-state index contributed by atoms with van der Waals surface area (Å²) in [5.41, 5.74) is 3.16. The van der Waals surface area contributed by atoms with Crippen molar-refractivity contribution in [1.82, 2.24) is 19.9 Å². The first-order chi connectivity index (χ1) is 13.7. The lowest BCUT2D eigenvalue weighted by atomic mass is 9.89. The number of aliphatic hydroxyl groups is 1. The van der Waals surface area contributed by atoms with Gasteiger partial charge in [0.15, 0.2) is 0 Å². The van der Waals surface area contributed by atoms with Crippen LogP contribution in [-0.4, -0.2) is 49.8 Å². The summed E-state index contributed by atoms with van der Waals surface area (Å²) in [5, 5.41) is 28.1. The van der Waals surface area contributed by atoms with Crippen molar-refractivity contribution in [1.29, 1.82) is 0 Å². The van der Waals surface area contributed by atoms with Crippen LogP contribution in [-0.2, 0) is 6.54 Å². The fourth-order valence-corrected chi connectivity index (χ4v) is 3.99. The SMILES string of the molecule is OCC(c1ccccc1)n1cc(CN2CCC(c3cccc(O)c3)CC2)nn1. The molecule has 1 saturated heterocycles. The Kier molecular flexibility index (Phi) is 5.69. The van der Waals surface area contributed by atoms with Gasteiger partial charge in [-0.05, 0) is 55.1 Å². The van der Waals surface area contributed by atoms with Crippen molar-refractivity contribution >= 4 is 0 Å². The molecule has 2 aromatic carbocycles. The van der Waals surface area contributed by atoms with Crippen LogP contribution < -0.4 is 0 Å². The molecular formula is C22H26N4O2. The summed E-state index contributed by atoms with van der Waals surface area (Å²) in [5.74, 6) is 0.837. The summed E-state index contributed by atoms with van der Waals surface area (Å²) in [6.45, 7) is 2.74. The largest absolute Gasteiger partial charge is 0.508 e. The molecule has 0 bridgehead atoms. The van der Waals surface area contributed by atoms with Crippen LogP contribution in [0.1, 0.15) is 41.6 Å². The molecule has 28 heavy (non-hydrogen) atoms. The van der Waals surface area contributed by atoms with Crippen LogP contribution in [0.15, 0.2) is 60.8 Å². The smallest absolute Gasteiger partial charge is 0.115 e. The van der Waals surface area contributed by atoms with Gasteiger partial charge in [-0.15, -0.1) is 5.10 Å². The molecule has 1 aromatic heterocycles. The van der Waals surface area contributed by atoms with E-state index in [1.54, 1.807) is 10.7 Å². The number of benzene rings is 2. The molecule has 1 fully saturated rings. The molecule has 3 aromatic rings. The normalized spacial score (nSPS) is 16.9. The lowest BCUT2D eigenvalue weighted by Crippen LogP contribution is -2.32. The van der Waals surface area contributed by atoms with Gasteiger partial charge in [0.25, 0.3) is 0 Å². The van der Waals surface area contributed by atoms with E-state index >= 15 is 0 Å². The Balaban J connectivity index is 1.36. The molecule has 2 heterocycles. The molecule has 6 nitrogen and oxygen atoms in total. The predicted molar refractivity (Wildman–Crippen MR) is 107 cm³/mol. The van der Waals surface area contributed by atoms with Gasteiger partial charge in [0.2, 0.25) is 0 Å². The van der Waals surface area contributed by atoms with Gasteiger partial charge in [0.1, 0.15) is 11.8 Å². The molecule has 0 saturated carbocycles. The lowest BCUT2D eigenvalue weighted by molar-refractivity contribution is 0.202. The quantitative estimate of drug-likeness (QED) is 0.690. The van der Waals surface area contributed by atoms with E-state index in [2.05, 4.69) is 21.3 Å². The highest BCUT2D eigenvalue weighted by atomic mass is 16.3. The number of aromatic nitrogens is 3. The minimum atomic E-state index is -0.209. The molecule has 0 amide bonds. The Morgan fingerprint density at radius 2 is 1.82 bits per heavy atom. The third kappa shape index (κ3) is 4.24. The van der Waals surface area contributed by atoms with Crippen molar-refractivity contribution in [2.24, 2.45) is 0 Å². The number of aliphatic hydroxyl groups excluding tert-OH is 1. The summed E-state index contributed by atoms with van der Waals surface area (Å²) in [6.07, 6.45) is 4.08. The lowest BCUT2D eigenvalue weighted by Gasteiger charge is -2.31. The monoisotopic (exact) mass is 378 g/mol. The van der Waals surface area contributed by atoms with E-state index in [4.69, 9.17) is 0 Å². The van der Waals surface area contributed by atoms with Crippen molar-refractivity contribution < 1.29 is 10.2 Å². The van der Waals surface area contributed by atoms with Gasteiger partial charge in [-0.1, -0.05) is 47.7 Å². The molecule has 1 aliphatic heterocycles. The van der Waals surface area contributed by atoms with Crippen molar-refractivity contribution in [2.75, 3.05) is 19.7 Å². The summed E-state index contributed by atoms with van der Waals surface area (Å²) in [6, 6.07) is 17.3. The van der Waals surface area contributed by atoms with Crippen molar-refractivity contribution in [3.05, 3.63) is 77.6 Å². The molecule has 0 aliphatic carbocycles. The number of rotatable bonds is 6. The fourth-order valence-electron chi connectivity index (χ4n) is 3.99. The van der Waals surface area contributed by atoms with Crippen molar-refractivity contribution in [3.63, 3.8) is 0 Å². The van der Waals surface area contributed by atoms with Crippen LogP contribution in [0.5, 0.6) is 5.75 Å². The Labute approximate surface area is 165 Å². The number of likely N-dealkylation sites (tertiary alicyclic amines) is 1. The van der Waals surface area contributed by atoms with Crippen LogP contribution >= 0.6 is 0 Å². The summed E-state index contributed by atoms with van der Waals surface area (Å²) >= 11 is 0. The van der Waals surface area contributed by atoms with Gasteiger partial charge >= 0.3 is 0 Å². The van der Waals surface area contributed by atoms with Crippen LogP contribution in [0.4, 0.5) is 0 Å². The molecule has 0 radical (unpaired) electrons. The standard InChI is InChI=1S/C22H26N4O2/c27-16-22(18-5-2-1-3-6-18)26-15-20(23-24-26)14-25-11-9-17(10-12-25)19-7-4-8-21(28)13-19/h1-8,13,15,17,22,27-28H,9-12,14,16H2. The molecule has 146 valence electrons. The van der Waals surface area contributed by atoms with E-state index in [0.29, 0.717) is 11.7 Å². The average molecular weight is 378 g/mol. The second-order valence-electron chi connectivity index (χ2n) is 7.44. The minimum absolute atomic E-state index is 0.0118. The van der Waals surface area contributed by atoms with E-state index in [-0.39, 0.29) is 12.6 Å². The van der Waals surface area contributed by atoms with Crippen molar-refractivity contribution in [3.8, 4) is 5.75 Å². The van der Waals surface area contributed by atoms with Gasteiger partial charge in [0, 0.05) is 6.54 Å². The van der Waals surface area contributed by atoms with Crippen LogP contribution in [0.2, 0.25) is 0 Å². The summed E-state index contributed by atoms with van der Waals surface area (Å²) in [7, 11) is 0.